The van der Waals surface area contributed by atoms with Crippen LogP contribution in [0.1, 0.15) is 174 Å². The Balaban J connectivity index is 4.42. The molecule has 0 heterocycles. The number of carboxylic acids is 1. The number of likely N-dealkylation sites (N-methyl/N-ethyl adjacent to an activating group) is 1. The summed E-state index contributed by atoms with van der Waals surface area (Å²) in [7, 11) is 5.90. The van der Waals surface area contributed by atoms with Gasteiger partial charge in [-0.2, -0.15) is 0 Å². The van der Waals surface area contributed by atoms with Crippen LogP contribution in [0.25, 0.3) is 0 Å². The van der Waals surface area contributed by atoms with Gasteiger partial charge in [0.25, 0.3) is 0 Å². The van der Waals surface area contributed by atoms with E-state index in [2.05, 4.69) is 50.3 Å². The highest BCUT2D eigenvalue weighted by Crippen LogP contribution is 2.14. The van der Waals surface area contributed by atoms with E-state index in [4.69, 9.17) is 18.9 Å². The Hall–Kier alpha value is -2.49. The molecule has 0 aliphatic carbocycles. The van der Waals surface area contributed by atoms with Crippen LogP contribution < -0.4 is 5.11 Å². The number of unbranched alkanes of at least 4 members (excludes halogenated alkanes) is 18. The fourth-order valence-electron chi connectivity index (χ4n) is 5.68. The van der Waals surface area contributed by atoms with E-state index in [9.17, 15) is 19.5 Å². The third-order valence-electron chi connectivity index (χ3n) is 9.09. The van der Waals surface area contributed by atoms with Gasteiger partial charge in [-0.15, -0.1) is 0 Å². The molecule has 9 heteroatoms. The van der Waals surface area contributed by atoms with Crippen LogP contribution in [0.4, 0.5) is 0 Å². The summed E-state index contributed by atoms with van der Waals surface area (Å²) in [5.74, 6) is -2.31. The molecule has 0 aliphatic rings. The number of carbonyl (C=O) groups excluding carboxylic acids is 3. The highest BCUT2D eigenvalue weighted by atomic mass is 16.7. The summed E-state index contributed by atoms with van der Waals surface area (Å²) >= 11 is 0. The van der Waals surface area contributed by atoms with Crippen molar-refractivity contribution in [2.24, 2.45) is 0 Å². The Labute approximate surface area is 330 Å². The number of esters is 2. The molecule has 54 heavy (non-hydrogen) atoms. The van der Waals surface area contributed by atoms with Gasteiger partial charge >= 0.3 is 11.9 Å². The zero-order valence-electron chi connectivity index (χ0n) is 35.3. The maximum Gasteiger partial charge on any atom is 0.306 e. The summed E-state index contributed by atoms with van der Waals surface area (Å²) in [6.07, 6.45) is 37.5. The van der Waals surface area contributed by atoms with Gasteiger partial charge in [-0.25, -0.2) is 0 Å². The summed E-state index contributed by atoms with van der Waals surface area (Å²) in [6, 6.07) is 0. The molecule has 314 valence electrons. The molecule has 0 saturated carbocycles. The number of rotatable bonds is 39. The zero-order valence-corrected chi connectivity index (χ0v) is 35.3. The number of ether oxygens (including phenoxy) is 4. The third-order valence-corrected chi connectivity index (χ3v) is 9.09. The Morgan fingerprint density at radius 3 is 1.56 bits per heavy atom. The molecule has 0 amide bonds. The summed E-state index contributed by atoms with van der Waals surface area (Å²) in [4.78, 5) is 36.8. The van der Waals surface area contributed by atoms with Crippen LogP contribution >= 0.6 is 0 Å². The quantitative estimate of drug-likeness (QED) is 0.0200. The number of allylic oxidation sites excluding steroid dienone is 6. The molecule has 0 N–H and O–H groups in total. The summed E-state index contributed by atoms with van der Waals surface area (Å²) in [5, 5.41) is 11.7. The predicted octanol–water partition coefficient (Wildman–Crippen LogP) is 9.72. The SMILES string of the molecule is CCC/C=C\CCCCCCCC(=O)OCC(COC(OCC[N+](C)(C)C)C(=O)[O-])OC(=O)CCCCCCCCCCC/C=C\C/C=C\CCCCC. The Morgan fingerprint density at radius 1 is 0.556 bits per heavy atom. The van der Waals surface area contributed by atoms with E-state index in [0.29, 0.717) is 17.4 Å². The van der Waals surface area contributed by atoms with E-state index < -0.39 is 24.3 Å². The second-order valence-corrected chi connectivity index (χ2v) is 15.6. The minimum absolute atomic E-state index is 0.145. The molecule has 0 aromatic heterocycles. The molecule has 0 spiro atoms. The Morgan fingerprint density at radius 2 is 1.04 bits per heavy atom. The topological polar surface area (TPSA) is 111 Å². The normalized spacial score (nSPS) is 13.3. The van der Waals surface area contributed by atoms with Crippen molar-refractivity contribution >= 4 is 17.9 Å². The maximum absolute atomic E-state index is 12.7. The molecule has 0 fully saturated rings. The lowest BCUT2D eigenvalue weighted by molar-refractivity contribution is -0.870. The van der Waals surface area contributed by atoms with Crippen molar-refractivity contribution in [2.75, 3.05) is 47.5 Å². The predicted molar refractivity (Wildman–Crippen MR) is 219 cm³/mol. The van der Waals surface area contributed by atoms with Crippen molar-refractivity contribution in [3.8, 4) is 0 Å². The fraction of sp³-hybridized carbons (Fsp3) is 0.800. The first kappa shape index (κ1) is 51.5. The van der Waals surface area contributed by atoms with Crippen molar-refractivity contribution < 1.29 is 42.9 Å². The number of nitrogens with zero attached hydrogens (tertiary/aromatic N) is 1. The molecule has 0 rings (SSSR count). The summed E-state index contributed by atoms with van der Waals surface area (Å²) < 4.78 is 22.5. The first-order chi connectivity index (χ1) is 26.1. The monoisotopic (exact) mass is 764 g/mol. The average Bonchev–Trinajstić information content (AvgIpc) is 3.12. The molecular formula is C45H81NO8. The van der Waals surface area contributed by atoms with E-state index in [1.165, 1.54) is 64.2 Å². The average molecular weight is 764 g/mol. The van der Waals surface area contributed by atoms with Gasteiger partial charge in [0.1, 0.15) is 13.2 Å². The first-order valence-electron chi connectivity index (χ1n) is 21.6. The highest BCUT2D eigenvalue weighted by molar-refractivity contribution is 5.70. The lowest BCUT2D eigenvalue weighted by Gasteiger charge is -2.26. The van der Waals surface area contributed by atoms with Crippen molar-refractivity contribution in [3.05, 3.63) is 36.5 Å². The molecule has 0 saturated heterocycles. The number of hydrogen-bond donors (Lipinski definition) is 0. The largest absolute Gasteiger partial charge is 0.545 e. The molecule has 2 unspecified atom stereocenters. The lowest BCUT2D eigenvalue weighted by atomic mass is 10.1. The zero-order chi connectivity index (χ0) is 40.0. The molecule has 0 bridgehead atoms. The number of carboxylic acid groups (broad SMARTS) is 1. The van der Waals surface area contributed by atoms with Crippen LogP contribution in [0, 0.1) is 0 Å². The Bertz CT molecular complexity index is 987. The van der Waals surface area contributed by atoms with Crippen molar-refractivity contribution in [1.82, 2.24) is 0 Å². The molecule has 0 aromatic carbocycles. The third kappa shape index (κ3) is 37.8. The number of aliphatic carboxylic acids is 1. The molecule has 2 atom stereocenters. The maximum atomic E-state index is 12.7. The smallest absolute Gasteiger partial charge is 0.306 e. The van der Waals surface area contributed by atoms with Crippen molar-refractivity contribution in [2.45, 2.75) is 187 Å². The van der Waals surface area contributed by atoms with Gasteiger partial charge in [-0.05, 0) is 64.2 Å². The van der Waals surface area contributed by atoms with Gasteiger partial charge in [0.15, 0.2) is 12.4 Å². The van der Waals surface area contributed by atoms with Gasteiger partial charge in [-0.1, -0.05) is 134 Å². The lowest BCUT2D eigenvalue weighted by Crippen LogP contribution is -2.44. The van der Waals surface area contributed by atoms with Gasteiger partial charge in [0.2, 0.25) is 0 Å². The summed E-state index contributed by atoms with van der Waals surface area (Å²) in [5.41, 5.74) is 0. The van der Waals surface area contributed by atoms with E-state index in [1.54, 1.807) is 0 Å². The van der Waals surface area contributed by atoms with Crippen LogP contribution in [0.5, 0.6) is 0 Å². The second kappa shape index (κ2) is 37.4. The van der Waals surface area contributed by atoms with Gasteiger partial charge in [0, 0.05) is 12.8 Å². The van der Waals surface area contributed by atoms with Gasteiger partial charge in [0.05, 0.1) is 40.3 Å². The van der Waals surface area contributed by atoms with Crippen LogP contribution in [0.2, 0.25) is 0 Å². The van der Waals surface area contributed by atoms with Crippen molar-refractivity contribution in [3.63, 3.8) is 0 Å². The highest BCUT2D eigenvalue weighted by Gasteiger charge is 2.21. The second-order valence-electron chi connectivity index (χ2n) is 15.6. The minimum Gasteiger partial charge on any atom is -0.545 e. The molecule has 0 aromatic rings. The van der Waals surface area contributed by atoms with E-state index in [1.807, 2.05) is 21.1 Å². The van der Waals surface area contributed by atoms with Crippen LogP contribution in [0.3, 0.4) is 0 Å². The summed E-state index contributed by atoms with van der Waals surface area (Å²) in [6.45, 7) is 4.62. The van der Waals surface area contributed by atoms with E-state index in [-0.39, 0.29) is 38.6 Å². The molecule has 0 aliphatic heterocycles. The van der Waals surface area contributed by atoms with Crippen LogP contribution in [-0.4, -0.2) is 82.3 Å². The van der Waals surface area contributed by atoms with Crippen LogP contribution in [-0.2, 0) is 33.3 Å². The molecule has 0 radical (unpaired) electrons. The molecule has 9 nitrogen and oxygen atoms in total. The Kier molecular flexibility index (Phi) is 35.7. The first-order valence-corrected chi connectivity index (χ1v) is 21.6. The fourth-order valence-corrected chi connectivity index (χ4v) is 5.68. The minimum atomic E-state index is -1.62. The van der Waals surface area contributed by atoms with Gasteiger partial charge in [-0.3, -0.25) is 9.59 Å². The van der Waals surface area contributed by atoms with Crippen molar-refractivity contribution in [1.29, 1.82) is 0 Å². The van der Waals surface area contributed by atoms with E-state index >= 15 is 0 Å². The standard InChI is InChI=1S/C45H81NO8/c1-6-8-10-12-14-16-18-19-20-21-22-23-24-25-26-28-30-32-34-36-43(48)54-41(40-53-45(44(49)50)51-38-37-46(3,4)5)39-52-42(47)35-33-31-29-27-17-15-13-11-9-7-2/h11,13-14,16,19-20,41,45H,6-10,12,15,17-18,21-40H2,1-5H3/b13-11-,16-14-,20-19-. The molecular weight excluding hydrogens is 682 g/mol. The van der Waals surface area contributed by atoms with Gasteiger partial charge < -0.3 is 33.3 Å². The number of hydrogen-bond acceptors (Lipinski definition) is 8. The number of quaternary nitrogens is 1. The van der Waals surface area contributed by atoms with Crippen LogP contribution in [0.15, 0.2) is 36.5 Å². The number of carbonyl (C=O) groups is 3. The van der Waals surface area contributed by atoms with E-state index in [0.717, 1.165) is 77.0 Å².